The van der Waals surface area contributed by atoms with Crippen LogP contribution in [0.3, 0.4) is 0 Å². The molecule has 0 bridgehead atoms. The van der Waals surface area contributed by atoms with Crippen LogP contribution in [0.4, 0.5) is 0 Å². The molecule has 7 nitrogen and oxygen atoms in total. The van der Waals surface area contributed by atoms with Crippen LogP contribution in [0.15, 0.2) is 12.3 Å². The van der Waals surface area contributed by atoms with Gasteiger partial charge in [0.25, 0.3) is 0 Å². The lowest BCUT2D eigenvalue weighted by Gasteiger charge is -2.23. The number of halogens is 1. The minimum Gasteiger partial charge on any atom is -0.478 e. The molecule has 0 saturated carbocycles. The van der Waals surface area contributed by atoms with Crippen molar-refractivity contribution in [2.75, 3.05) is 14.2 Å². The summed E-state index contributed by atoms with van der Waals surface area (Å²) in [6, 6.07) is 1.54. The largest absolute Gasteiger partial charge is 0.478 e. The van der Waals surface area contributed by atoms with Crippen LogP contribution >= 0.6 is 11.6 Å². The van der Waals surface area contributed by atoms with Gasteiger partial charge in [-0.1, -0.05) is 11.6 Å². The summed E-state index contributed by atoms with van der Waals surface area (Å²) < 4.78 is 12.0. The van der Waals surface area contributed by atoms with Gasteiger partial charge < -0.3 is 14.6 Å². The fourth-order valence-electron chi connectivity index (χ4n) is 2.01. The van der Waals surface area contributed by atoms with Crippen LogP contribution in [-0.2, 0) is 9.47 Å². The first-order valence-electron chi connectivity index (χ1n) is 5.82. The standard InChI is InChI=1S/C12H14ClN3O4/c1-6(19-2)11(20-3)10-7(12(17)18)5-14-9-4-8(13)15-16(9)10/h4-6,11H,1-3H3,(H,17,18). The van der Waals surface area contributed by atoms with Gasteiger partial charge in [-0.05, 0) is 6.92 Å². The summed E-state index contributed by atoms with van der Waals surface area (Å²) >= 11 is 5.86. The minimum atomic E-state index is -1.12. The number of hydrogen-bond acceptors (Lipinski definition) is 5. The van der Waals surface area contributed by atoms with Gasteiger partial charge in [0.2, 0.25) is 0 Å². The molecule has 2 aromatic rings. The summed E-state index contributed by atoms with van der Waals surface area (Å²) in [6.07, 6.45) is 0.276. The van der Waals surface area contributed by atoms with Gasteiger partial charge in [-0.25, -0.2) is 14.3 Å². The molecule has 1 N–H and O–H groups in total. The molecule has 0 amide bonds. The molecule has 2 rings (SSSR count). The fourth-order valence-corrected chi connectivity index (χ4v) is 2.18. The van der Waals surface area contributed by atoms with E-state index in [2.05, 4.69) is 10.1 Å². The Morgan fingerprint density at radius 2 is 2.15 bits per heavy atom. The van der Waals surface area contributed by atoms with Crippen LogP contribution in [0, 0.1) is 0 Å². The highest BCUT2D eigenvalue weighted by atomic mass is 35.5. The van der Waals surface area contributed by atoms with E-state index in [1.54, 1.807) is 13.0 Å². The van der Waals surface area contributed by atoms with Crippen molar-refractivity contribution in [3.63, 3.8) is 0 Å². The van der Waals surface area contributed by atoms with Crippen molar-refractivity contribution in [1.82, 2.24) is 14.6 Å². The number of carboxylic acids is 1. The van der Waals surface area contributed by atoms with E-state index in [0.29, 0.717) is 11.3 Å². The van der Waals surface area contributed by atoms with Crippen molar-refractivity contribution in [1.29, 1.82) is 0 Å². The molecule has 108 valence electrons. The number of rotatable bonds is 5. The van der Waals surface area contributed by atoms with Gasteiger partial charge in [-0.3, -0.25) is 0 Å². The molecule has 2 atom stereocenters. The Kier molecular flexibility index (Phi) is 4.22. The number of hydrogen-bond donors (Lipinski definition) is 1. The topological polar surface area (TPSA) is 86.0 Å². The second kappa shape index (κ2) is 5.74. The highest BCUT2D eigenvalue weighted by Gasteiger charge is 2.28. The van der Waals surface area contributed by atoms with Gasteiger partial charge in [-0.2, -0.15) is 5.10 Å². The zero-order valence-corrected chi connectivity index (χ0v) is 12.0. The molecule has 0 aliphatic heterocycles. The first-order chi connectivity index (χ1) is 9.49. The third-order valence-electron chi connectivity index (χ3n) is 3.04. The number of carbonyl (C=O) groups is 1. The van der Waals surface area contributed by atoms with Crippen LogP contribution in [-0.4, -0.2) is 46.0 Å². The first kappa shape index (κ1) is 14.7. The maximum atomic E-state index is 11.4. The molecule has 0 saturated heterocycles. The van der Waals surface area contributed by atoms with E-state index in [1.165, 1.54) is 24.9 Å². The minimum absolute atomic E-state index is 0.00647. The number of aromatic carboxylic acids is 1. The molecule has 0 aromatic carbocycles. The van der Waals surface area contributed by atoms with E-state index in [-0.39, 0.29) is 16.8 Å². The Labute approximate surface area is 120 Å². The third kappa shape index (κ3) is 2.47. The number of methoxy groups -OCH3 is 2. The summed E-state index contributed by atoms with van der Waals surface area (Å²) in [5.74, 6) is -1.12. The molecular weight excluding hydrogens is 286 g/mol. The van der Waals surface area contributed by atoms with Gasteiger partial charge in [0, 0.05) is 26.5 Å². The van der Waals surface area contributed by atoms with Gasteiger partial charge in [0.1, 0.15) is 11.7 Å². The van der Waals surface area contributed by atoms with E-state index in [9.17, 15) is 9.90 Å². The number of carboxylic acid groups (broad SMARTS) is 1. The Morgan fingerprint density at radius 3 is 2.70 bits per heavy atom. The first-order valence-corrected chi connectivity index (χ1v) is 6.20. The molecule has 2 heterocycles. The van der Waals surface area contributed by atoms with E-state index in [0.717, 1.165) is 0 Å². The SMILES string of the molecule is COC(C)C(OC)c1c(C(=O)O)cnc2cc(Cl)nn12. The molecule has 2 unspecified atom stereocenters. The number of aromatic nitrogens is 3. The van der Waals surface area contributed by atoms with Crippen molar-refractivity contribution in [2.24, 2.45) is 0 Å². The molecule has 2 aromatic heterocycles. The lowest BCUT2D eigenvalue weighted by atomic mass is 10.1. The molecule has 20 heavy (non-hydrogen) atoms. The summed E-state index contributed by atoms with van der Waals surface area (Å²) in [7, 11) is 2.99. The smallest absolute Gasteiger partial charge is 0.339 e. The summed E-state index contributed by atoms with van der Waals surface area (Å²) in [4.78, 5) is 15.4. The Hall–Kier alpha value is -1.70. The van der Waals surface area contributed by atoms with Gasteiger partial charge in [-0.15, -0.1) is 0 Å². The van der Waals surface area contributed by atoms with Crippen LogP contribution in [0.1, 0.15) is 29.1 Å². The molecule has 0 radical (unpaired) electrons. The Balaban J connectivity index is 2.74. The summed E-state index contributed by atoms with van der Waals surface area (Å²) in [5, 5.41) is 13.6. The second-order valence-electron chi connectivity index (χ2n) is 4.20. The van der Waals surface area contributed by atoms with Crippen molar-refractivity contribution < 1.29 is 19.4 Å². The van der Waals surface area contributed by atoms with Gasteiger partial charge in [0.15, 0.2) is 10.8 Å². The zero-order valence-electron chi connectivity index (χ0n) is 11.2. The van der Waals surface area contributed by atoms with Gasteiger partial charge in [0.05, 0.1) is 11.8 Å². The molecule has 0 aliphatic rings. The number of fused-ring (bicyclic) bond motifs is 1. The maximum Gasteiger partial charge on any atom is 0.339 e. The molecular formula is C12H14ClN3O4. The lowest BCUT2D eigenvalue weighted by molar-refractivity contribution is -0.0314. The zero-order chi connectivity index (χ0) is 14.9. The third-order valence-corrected chi connectivity index (χ3v) is 3.23. The predicted octanol–water partition coefficient (Wildman–Crippen LogP) is 1.80. The van der Waals surface area contributed by atoms with Crippen LogP contribution in [0.5, 0.6) is 0 Å². The average molecular weight is 300 g/mol. The van der Waals surface area contributed by atoms with Gasteiger partial charge >= 0.3 is 5.97 Å². The average Bonchev–Trinajstić information content (AvgIpc) is 2.79. The Bertz CT molecular complexity index is 643. The van der Waals surface area contributed by atoms with Crippen molar-refractivity contribution in [3.8, 4) is 0 Å². The summed E-state index contributed by atoms with van der Waals surface area (Å²) in [6.45, 7) is 1.77. The van der Waals surface area contributed by atoms with E-state index >= 15 is 0 Å². The van der Waals surface area contributed by atoms with Crippen LogP contribution in [0.2, 0.25) is 5.15 Å². The Morgan fingerprint density at radius 1 is 1.45 bits per heavy atom. The summed E-state index contributed by atoms with van der Waals surface area (Å²) in [5.41, 5.74) is 0.777. The monoisotopic (exact) mass is 299 g/mol. The van der Waals surface area contributed by atoms with Crippen molar-refractivity contribution in [2.45, 2.75) is 19.1 Å². The highest BCUT2D eigenvalue weighted by molar-refractivity contribution is 6.29. The number of ether oxygens (including phenoxy) is 2. The lowest BCUT2D eigenvalue weighted by Crippen LogP contribution is -2.25. The number of nitrogens with zero attached hydrogens (tertiary/aromatic N) is 3. The van der Waals surface area contributed by atoms with E-state index < -0.39 is 12.1 Å². The van der Waals surface area contributed by atoms with Crippen LogP contribution < -0.4 is 0 Å². The predicted molar refractivity (Wildman–Crippen MR) is 71.2 cm³/mol. The van der Waals surface area contributed by atoms with Crippen molar-refractivity contribution in [3.05, 3.63) is 28.7 Å². The molecule has 8 heteroatoms. The van der Waals surface area contributed by atoms with Crippen LogP contribution in [0.25, 0.3) is 5.65 Å². The molecule has 0 fully saturated rings. The van der Waals surface area contributed by atoms with Crippen molar-refractivity contribution >= 4 is 23.2 Å². The molecule has 0 aliphatic carbocycles. The van der Waals surface area contributed by atoms with E-state index in [1.807, 2.05) is 0 Å². The quantitative estimate of drug-likeness (QED) is 0.906. The maximum absolute atomic E-state index is 11.4. The van der Waals surface area contributed by atoms with E-state index in [4.69, 9.17) is 21.1 Å². The normalized spacial score (nSPS) is 14.4. The highest BCUT2D eigenvalue weighted by Crippen LogP contribution is 2.27. The molecule has 0 spiro atoms. The fraction of sp³-hybridized carbons (Fsp3) is 0.417. The second-order valence-corrected chi connectivity index (χ2v) is 4.58.